The molecule has 2 unspecified atom stereocenters. The molecule has 0 aromatic rings. The zero-order valence-electron chi connectivity index (χ0n) is 11.5. The summed E-state index contributed by atoms with van der Waals surface area (Å²) in [5.41, 5.74) is 0. The molecule has 0 amide bonds. The highest BCUT2D eigenvalue weighted by Crippen LogP contribution is 2.10. The molecule has 0 aliphatic rings. The highest BCUT2D eigenvalue weighted by molar-refractivity contribution is 4.72. The SMILES string of the molecule is CCC(C)N(CC)C(C)CCNC(C)C. The van der Waals surface area contributed by atoms with Crippen LogP contribution in [0.5, 0.6) is 0 Å². The van der Waals surface area contributed by atoms with E-state index in [1.165, 1.54) is 12.8 Å². The van der Waals surface area contributed by atoms with Crippen LogP contribution in [0.1, 0.15) is 54.4 Å². The van der Waals surface area contributed by atoms with Gasteiger partial charge in [0.05, 0.1) is 0 Å². The zero-order chi connectivity index (χ0) is 11.8. The second kappa shape index (κ2) is 8.12. The Morgan fingerprint density at radius 3 is 2.00 bits per heavy atom. The summed E-state index contributed by atoms with van der Waals surface area (Å²) in [5, 5.41) is 3.49. The highest BCUT2D eigenvalue weighted by Gasteiger charge is 2.16. The van der Waals surface area contributed by atoms with Gasteiger partial charge in [-0.2, -0.15) is 0 Å². The summed E-state index contributed by atoms with van der Waals surface area (Å²) < 4.78 is 0. The van der Waals surface area contributed by atoms with Crippen LogP contribution in [0.25, 0.3) is 0 Å². The van der Waals surface area contributed by atoms with Crippen LogP contribution in [-0.4, -0.2) is 36.1 Å². The van der Waals surface area contributed by atoms with Crippen molar-refractivity contribution in [3.63, 3.8) is 0 Å². The fraction of sp³-hybridized carbons (Fsp3) is 1.00. The Labute approximate surface area is 96.4 Å². The predicted molar refractivity (Wildman–Crippen MR) is 69.4 cm³/mol. The molecule has 0 bridgehead atoms. The van der Waals surface area contributed by atoms with Gasteiger partial charge in [-0.3, -0.25) is 4.90 Å². The topological polar surface area (TPSA) is 15.3 Å². The van der Waals surface area contributed by atoms with Crippen LogP contribution in [0.2, 0.25) is 0 Å². The maximum absolute atomic E-state index is 3.49. The van der Waals surface area contributed by atoms with E-state index in [-0.39, 0.29) is 0 Å². The number of nitrogens with one attached hydrogen (secondary N) is 1. The van der Waals surface area contributed by atoms with Crippen LogP contribution < -0.4 is 5.32 Å². The third-order valence-corrected chi connectivity index (χ3v) is 3.20. The van der Waals surface area contributed by atoms with Crippen LogP contribution in [0.15, 0.2) is 0 Å². The van der Waals surface area contributed by atoms with E-state index in [1.54, 1.807) is 0 Å². The molecular formula is C13H30N2. The Bertz CT molecular complexity index is 145. The van der Waals surface area contributed by atoms with Gasteiger partial charge in [-0.15, -0.1) is 0 Å². The van der Waals surface area contributed by atoms with Gasteiger partial charge in [0.25, 0.3) is 0 Å². The molecule has 2 nitrogen and oxygen atoms in total. The fourth-order valence-electron chi connectivity index (χ4n) is 2.04. The number of hydrogen-bond donors (Lipinski definition) is 1. The Balaban J connectivity index is 3.88. The Hall–Kier alpha value is -0.0800. The molecule has 0 aliphatic heterocycles. The van der Waals surface area contributed by atoms with E-state index >= 15 is 0 Å². The van der Waals surface area contributed by atoms with Crippen LogP contribution in [0.3, 0.4) is 0 Å². The van der Waals surface area contributed by atoms with Crippen molar-refractivity contribution in [2.75, 3.05) is 13.1 Å². The van der Waals surface area contributed by atoms with Crippen LogP contribution in [-0.2, 0) is 0 Å². The minimum absolute atomic E-state index is 0.607. The lowest BCUT2D eigenvalue weighted by molar-refractivity contribution is 0.150. The van der Waals surface area contributed by atoms with E-state index in [4.69, 9.17) is 0 Å². The third-order valence-electron chi connectivity index (χ3n) is 3.20. The molecule has 15 heavy (non-hydrogen) atoms. The van der Waals surface area contributed by atoms with Crippen LogP contribution >= 0.6 is 0 Å². The van der Waals surface area contributed by atoms with Gasteiger partial charge in [0, 0.05) is 18.1 Å². The number of rotatable bonds is 8. The van der Waals surface area contributed by atoms with Crippen molar-refractivity contribution in [3.05, 3.63) is 0 Å². The molecule has 2 atom stereocenters. The second-order valence-corrected chi connectivity index (χ2v) is 4.83. The molecule has 0 radical (unpaired) electrons. The summed E-state index contributed by atoms with van der Waals surface area (Å²) in [4.78, 5) is 2.60. The van der Waals surface area contributed by atoms with E-state index in [9.17, 15) is 0 Å². The van der Waals surface area contributed by atoms with E-state index in [0.29, 0.717) is 18.1 Å². The van der Waals surface area contributed by atoms with Crippen molar-refractivity contribution < 1.29 is 0 Å². The first-order valence-electron chi connectivity index (χ1n) is 6.51. The van der Waals surface area contributed by atoms with Crippen molar-refractivity contribution in [1.29, 1.82) is 0 Å². The second-order valence-electron chi connectivity index (χ2n) is 4.83. The van der Waals surface area contributed by atoms with E-state index in [1.807, 2.05) is 0 Å². The first-order chi connectivity index (χ1) is 7.02. The van der Waals surface area contributed by atoms with Crippen molar-refractivity contribution in [2.24, 2.45) is 0 Å². The first kappa shape index (κ1) is 14.9. The molecular weight excluding hydrogens is 184 g/mol. The van der Waals surface area contributed by atoms with Crippen molar-refractivity contribution in [3.8, 4) is 0 Å². The van der Waals surface area contributed by atoms with Gasteiger partial charge in [-0.1, -0.05) is 27.7 Å². The maximum atomic E-state index is 3.49. The average Bonchev–Trinajstić information content (AvgIpc) is 2.18. The van der Waals surface area contributed by atoms with Crippen molar-refractivity contribution >= 4 is 0 Å². The summed E-state index contributed by atoms with van der Waals surface area (Å²) in [7, 11) is 0. The van der Waals surface area contributed by atoms with Gasteiger partial charge in [0.2, 0.25) is 0 Å². The quantitative estimate of drug-likeness (QED) is 0.668. The summed E-state index contributed by atoms with van der Waals surface area (Å²) in [6.07, 6.45) is 2.49. The summed E-state index contributed by atoms with van der Waals surface area (Å²) in [5.74, 6) is 0. The summed E-state index contributed by atoms with van der Waals surface area (Å²) in [6, 6.07) is 2.01. The minimum atomic E-state index is 0.607. The molecule has 0 saturated heterocycles. The molecule has 0 spiro atoms. The number of nitrogens with zero attached hydrogens (tertiary/aromatic N) is 1. The van der Waals surface area contributed by atoms with Gasteiger partial charge in [-0.05, 0) is 39.8 Å². The normalized spacial score (nSPS) is 16.0. The fourth-order valence-corrected chi connectivity index (χ4v) is 2.04. The molecule has 0 rings (SSSR count). The molecule has 2 heteroatoms. The molecule has 1 N–H and O–H groups in total. The Morgan fingerprint density at radius 1 is 1.00 bits per heavy atom. The van der Waals surface area contributed by atoms with Gasteiger partial charge in [0.1, 0.15) is 0 Å². The molecule has 0 aliphatic carbocycles. The molecule has 0 fully saturated rings. The van der Waals surface area contributed by atoms with E-state index in [2.05, 4.69) is 51.8 Å². The molecule has 92 valence electrons. The lowest BCUT2D eigenvalue weighted by Gasteiger charge is -2.33. The zero-order valence-corrected chi connectivity index (χ0v) is 11.5. The average molecular weight is 214 g/mol. The maximum Gasteiger partial charge on any atom is 0.00817 e. The smallest absolute Gasteiger partial charge is 0.00817 e. The van der Waals surface area contributed by atoms with Crippen LogP contribution in [0.4, 0.5) is 0 Å². The van der Waals surface area contributed by atoms with Crippen molar-refractivity contribution in [1.82, 2.24) is 10.2 Å². The summed E-state index contributed by atoms with van der Waals surface area (Å²) >= 11 is 0. The lowest BCUT2D eigenvalue weighted by atomic mass is 10.1. The summed E-state index contributed by atoms with van der Waals surface area (Å²) in [6.45, 7) is 15.9. The molecule has 0 aromatic carbocycles. The third kappa shape index (κ3) is 6.16. The number of hydrogen-bond acceptors (Lipinski definition) is 2. The highest BCUT2D eigenvalue weighted by atomic mass is 15.2. The van der Waals surface area contributed by atoms with Gasteiger partial charge >= 0.3 is 0 Å². The lowest BCUT2D eigenvalue weighted by Crippen LogP contribution is -2.41. The van der Waals surface area contributed by atoms with Crippen LogP contribution in [0, 0.1) is 0 Å². The Kier molecular flexibility index (Phi) is 8.07. The minimum Gasteiger partial charge on any atom is -0.314 e. The molecule has 0 saturated carbocycles. The van der Waals surface area contributed by atoms with Gasteiger partial charge in [-0.25, -0.2) is 0 Å². The van der Waals surface area contributed by atoms with Gasteiger partial charge < -0.3 is 5.32 Å². The molecule has 0 aromatic heterocycles. The van der Waals surface area contributed by atoms with Crippen molar-refractivity contribution in [2.45, 2.75) is 72.5 Å². The van der Waals surface area contributed by atoms with Gasteiger partial charge in [0.15, 0.2) is 0 Å². The van der Waals surface area contributed by atoms with E-state index < -0.39 is 0 Å². The standard InChI is InChI=1S/C13H30N2/c1-7-12(5)15(8-2)13(6)9-10-14-11(3)4/h11-14H,7-10H2,1-6H3. The monoisotopic (exact) mass is 214 g/mol. The molecule has 0 heterocycles. The Morgan fingerprint density at radius 2 is 1.60 bits per heavy atom. The first-order valence-corrected chi connectivity index (χ1v) is 6.51. The predicted octanol–water partition coefficient (Wildman–Crippen LogP) is 2.88. The largest absolute Gasteiger partial charge is 0.314 e. The van der Waals surface area contributed by atoms with E-state index in [0.717, 1.165) is 13.1 Å².